The Labute approximate surface area is 177 Å². The van der Waals surface area contributed by atoms with Crippen molar-refractivity contribution < 1.29 is 19.5 Å². The molecule has 0 aliphatic rings. The Morgan fingerprint density at radius 1 is 1.03 bits per heavy atom. The molecule has 0 aliphatic carbocycles. The fourth-order valence-corrected chi connectivity index (χ4v) is 2.12. The lowest BCUT2D eigenvalue weighted by Crippen LogP contribution is -2.30. The van der Waals surface area contributed by atoms with Crippen molar-refractivity contribution >= 4 is 23.9 Å². The first kappa shape index (κ1) is 26.9. The number of hydrogen-bond donors (Lipinski definition) is 5. The van der Waals surface area contributed by atoms with E-state index < -0.39 is 12.0 Å². The van der Waals surface area contributed by atoms with Crippen LogP contribution < -0.4 is 22.5 Å². The van der Waals surface area contributed by atoms with Gasteiger partial charge in [0, 0.05) is 18.2 Å². The minimum atomic E-state index is -0.955. The largest absolute Gasteiger partial charge is 0.480 e. The van der Waals surface area contributed by atoms with Crippen LogP contribution in [0.25, 0.3) is 0 Å². The second-order valence-electron chi connectivity index (χ2n) is 6.32. The second kappa shape index (κ2) is 16.8. The van der Waals surface area contributed by atoms with Crippen LogP contribution in [0.2, 0.25) is 0 Å². The van der Waals surface area contributed by atoms with Crippen molar-refractivity contribution in [3.63, 3.8) is 0 Å². The first-order chi connectivity index (χ1) is 14.3. The number of rotatable bonds is 8. The molecule has 0 saturated carbocycles. The zero-order chi connectivity index (χ0) is 22.8. The number of amides is 1. The van der Waals surface area contributed by atoms with Crippen molar-refractivity contribution in [1.82, 2.24) is 0 Å². The lowest BCUT2D eigenvalue weighted by Gasteiger charge is -2.02. The fraction of sp³-hybridized carbons (Fsp3) is 0.318. The Balaban J connectivity index is 0.000000428. The number of carboxylic acids is 1. The second-order valence-corrected chi connectivity index (χ2v) is 6.32. The van der Waals surface area contributed by atoms with Gasteiger partial charge in [0.2, 0.25) is 5.91 Å². The van der Waals surface area contributed by atoms with Crippen molar-refractivity contribution in [1.29, 1.82) is 0 Å². The van der Waals surface area contributed by atoms with Gasteiger partial charge in [0.1, 0.15) is 12.3 Å². The van der Waals surface area contributed by atoms with Gasteiger partial charge in [0.25, 0.3) is 0 Å². The van der Waals surface area contributed by atoms with Gasteiger partial charge in [-0.2, -0.15) is 0 Å². The monoisotopic (exact) mass is 416 g/mol. The number of carboxylic acid groups (broad SMARTS) is 1. The minimum Gasteiger partial charge on any atom is -0.480 e. The lowest BCUT2D eigenvalue weighted by molar-refractivity contribution is -0.138. The van der Waals surface area contributed by atoms with Gasteiger partial charge in [-0.15, -0.1) is 0 Å². The standard InChI is InChI=1S/C9H9NO2.C8H11N.C5H12N2O2/c1-7(12)10-9-4-2-8(6-11)3-5-9;9-7-6-8-4-2-1-3-5-8;6-3-1-2-4(7)5(8)9/h2-6H,1H3,(H,10,12);1-5H,6-7,9H2;4H,1-3,6-7H2,(H,8,9)/t;;4-/m..1/s1. The molecule has 0 spiro atoms. The number of nitrogens with two attached hydrogens (primary N) is 3. The fourth-order valence-electron chi connectivity index (χ4n) is 2.12. The quantitative estimate of drug-likeness (QED) is 0.410. The summed E-state index contributed by atoms with van der Waals surface area (Å²) >= 11 is 0. The molecule has 2 aromatic rings. The van der Waals surface area contributed by atoms with Crippen LogP contribution in [0.1, 0.15) is 35.7 Å². The Morgan fingerprint density at radius 3 is 2.07 bits per heavy atom. The summed E-state index contributed by atoms with van der Waals surface area (Å²) in [5.41, 5.74) is 18.3. The van der Waals surface area contributed by atoms with Gasteiger partial charge < -0.3 is 27.6 Å². The first-order valence-corrected chi connectivity index (χ1v) is 9.59. The molecule has 164 valence electrons. The summed E-state index contributed by atoms with van der Waals surface area (Å²) < 4.78 is 0. The highest BCUT2D eigenvalue weighted by atomic mass is 16.4. The first-order valence-electron chi connectivity index (χ1n) is 9.59. The van der Waals surface area contributed by atoms with Gasteiger partial charge in [0.15, 0.2) is 0 Å². The molecule has 2 rings (SSSR count). The van der Waals surface area contributed by atoms with Crippen molar-refractivity contribution in [3.8, 4) is 0 Å². The maximum atomic E-state index is 10.6. The average molecular weight is 417 g/mol. The van der Waals surface area contributed by atoms with Crippen LogP contribution in [0.4, 0.5) is 5.69 Å². The molecule has 1 atom stereocenters. The Hall–Kier alpha value is -3.07. The molecule has 0 saturated heterocycles. The predicted octanol–water partition coefficient (Wildman–Crippen LogP) is 1.78. The molecule has 30 heavy (non-hydrogen) atoms. The SMILES string of the molecule is CC(=O)Nc1ccc(C=O)cc1.NCCC[C@@H](N)C(=O)O.NCCc1ccccc1. The lowest BCUT2D eigenvalue weighted by atomic mass is 10.2. The van der Waals surface area contributed by atoms with Gasteiger partial charge in [-0.3, -0.25) is 14.4 Å². The van der Waals surface area contributed by atoms with E-state index in [1.54, 1.807) is 24.3 Å². The highest BCUT2D eigenvalue weighted by Gasteiger charge is 2.08. The van der Waals surface area contributed by atoms with E-state index in [0.29, 0.717) is 30.6 Å². The molecule has 8 nitrogen and oxygen atoms in total. The van der Waals surface area contributed by atoms with Crippen molar-refractivity contribution in [2.75, 3.05) is 18.4 Å². The van der Waals surface area contributed by atoms with E-state index in [0.717, 1.165) is 19.3 Å². The predicted molar refractivity (Wildman–Crippen MR) is 119 cm³/mol. The van der Waals surface area contributed by atoms with Crippen molar-refractivity contribution in [3.05, 3.63) is 65.7 Å². The molecule has 0 aliphatic heterocycles. The summed E-state index contributed by atoms with van der Waals surface area (Å²) in [6.45, 7) is 2.68. The number of hydrogen-bond acceptors (Lipinski definition) is 6. The van der Waals surface area contributed by atoms with Gasteiger partial charge >= 0.3 is 5.97 Å². The number of benzene rings is 2. The van der Waals surface area contributed by atoms with Crippen LogP contribution in [-0.2, 0) is 16.0 Å². The molecule has 0 bridgehead atoms. The average Bonchev–Trinajstić information content (AvgIpc) is 2.74. The van der Waals surface area contributed by atoms with Gasteiger partial charge in [-0.05, 0) is 62.2 Å². The van der Waals surface area contributed by atoms with E-state index in [2.05, 4.69) is 17.4 Å². The third-order valence-electron chi connectivity index (χ3n) is 3.68. The Kier molecular flexibility index (Phi) is 15.1. The summed E-state index contributed by atoms with van der Waals surface area (Å²) in [5, 5.41) is 10.8. The molecule has 8 heteroatoms. The molecular weight excluding hydrogens is 384 g/mol. The minimum absolute atomic E-state index is 0.117. The number of carbonyl (C=O) groups excluding carboxylic acids is 2. The molecule has 0 aromatic heterocycles. The maximum Gasteiger partial charge on any atom is 0.320 e. The molecule has 0 radical (unpaired) electrons. The third kappa shape index (κ3) is 14.0. The zero-order valence-electron chi connectivity index (χ0n) is 17.3. The van der Waals surface area contributed by atoms with Crippen LogP contribution >= 0.6 is 0 Å². The van der Waals surface area contributed by atoms with Gasteiger partial charge in [0.05, 0.1) is 0 Å². The topological polar surface area (TPSA) is 162 Å². The highest BCUT2D eigenvalue weighted by Crippen LogP contribution is 2.07. The van der Waals surface area contributed by atoms with E-state index in [9.17, 15) is 14.4 Å². The summed E-state index contributed by atoms with van der Waals surface area (Å²) in [4.78, 5) is 30.9. The van der Waals surface area contributed by atoms with E-state index in [-0.39, 0.29) is 5.91 Å². The van der Waals surface area contributed by atoms with E-state index >= 15 is 0 Å². The normalized spacial score (nSPS) is 10.4. The highest BCUT2D eigenvalue weighted by molar-refractivity contribution is 5.89. The number of carbonyl (C=O) groups is 3. The molecule has 0 fully saturated rings. The molecule has 0 heterocycles. The summed E-state index contributed by atoms with van der Waals surface area (Å²) in [6, 6.07) is 16.2. The molecular formula is C22H32N4O4. The number of nitrogens with one attached hydrogen (secondary N) is 1. The van der Waals surface area contributed by atoms with Crippen molar-refractivity contribution in [2.45, 2.75) is 32.2 Å². The summed E-state index contributed by atoms with van der Waals surface area (Å²) in [5.74, 6) is -1.07. The Bertz CT molecular complexity index is 737. The Morgan fingerprint density at radius 2 is 1.63 bits per heavy atom. The molecule has 1 amide bonds. The molecule has 0 unspecified atom stereocenters. The van der Waals surface area contributed by atoms with E-state index in [1.807, 2.05) is 18.2 Å². The number of anilines is 1. The molecule has 8 N–H and O–H groups in total. The zero-order valence-corrected chi connectivity index (χ0v) is 17.3. The molecule has 2 aromatic carbocycles. The van der Waals surface area contributed by atoms with Crippen LogP contribution in [-0.4, -0.2) is 42.4 Å². The number of aldehydes is 1. The van der Waals surface area contributed by atoms with Crippen LogP contribution in [0, 0.1) is 0 Å². The smallest absolute Gasteiger partial charge is 0.320 e. The third-order valence-corrected chi connectivity index (χ3v) is 3.68. The summed E-state index contributed by atoms with van der Waals surface area (Å²) in [6.07, 6.45) is 2.89. The number of aliphatic carboxylic acids is 1. The van der Waals surface area contributed by atoms with Crippen LogP contribution in [0.3, 0.4) is 0 Å². The van der Waals surface area contributed by atoms with Gasteiger partial charge in [-0.25, -0.2) is 0 Å². The van der Waals surface area contributed by atoms with Crippen LogP contribution in [0.15, 0.2) is 54.6 Å². The van der Waals surface area contributed by atoms with E-state index in [1.165, 1.54) is 12.5 Å². The van der Waals surface area contributed by atoms with Crippen LogP contribution in [0.5, 0.6) is 0 Å². The van der Waals surface area contributed by atoms with E-state index in [4.69, 9.17) is 22.3 Å². The maximum absolute atomic E-state index is 10.6. The van der Waals surface area contributed by atoms with Gasteiger partial charge in [-0.1, -0.05) is 30.3 Å². The summed E-state index contributed by atoms with van der Waals surface area (Å²) in [7, 11) is 0. The van der Waals surface area contributed by atoms with Crippen molar-refractivity contribution in [2.24, 2.45) is 17.2 Å².